The lowest BCUT2D eigenvalue weighted by Gasteiger charge is -2.40. The number of rotatable bonds is 9. The number of carbonyl (C=O) groups excluding carboxylic acids is 2. The summed E-state index contributed by atoms with van der Waals surface area (Å²) in [6.07, 6.45) is -9.33. The van der Waals surface area contributed by atoms with Crippen LogP contribution in [-0.4, -0.2) is 60.1 Å². The Morgan fingerprint density at radius 3 is 2.13 bits per heavy atom. The molecule has 0 radical (unpaired) electrons. The van der Waals surface area contributed by atoms with Gasteiger partial charge in [0.25, 0.3) is 5.91 Å². The van der Waals surface area contributed by atoms with Crippen molar-refractivity contribution in [2.24, 2.45) is 5.92 Å². The fraction of sp³-hybridized carbons (Fsp3) is 0.423. The summed E-state index contributed by atoms with van der Waals surface area (Å²) < 4.78 is 85.3. The Morgan fingerprint density at radius 1 is 0.949 bits per heavy atom. The minimum atomic E-state index is -5.09. The maximum Gasteiger partial charge on any atom is 0.416 e. The van der Waals surface area contributed by atoms with Gasteiger partial charge in [-0.05, 0) is 48.9 Å². The average Bonchev–Trinajstić information content (AvgIpc) is 2.86. The van der Waals surface area contributed by atoms with Crippen molar-refractivity contribution in [3.8, 4) is 0 Å². The fourth-order valence-corrected chi connectivity index (χ4v) is 4.41. The molecule has 2 aromatic rings. The molecule has 1 aliphatic heterocycles. The smallest absolute Gasteiger partial charge is 0.416 e. The molecule has 1 saturated heterocycles. The van der Waals surface area contributed by atoms with Crippen molar-refractivity contribution >= 4 is 17.8 Å². The normalized spacial score (nSPS) is 18.1. The molecule has 0 spiro atoms. The van der Waals surface area contributed by atoms with Crippen molar-refractivity contribution in [1.29, 1.82) is 0 Å². The van der Waals surface area contributed by atoms with Crippen molar-refractivity contribution in [2.45, 2.75) is 37.7 Å². The van der Waals surface area contributed by atoms with E-state index in [1.54, 1.807) is 30.3 Å². The molecule has 0 bridgehead atoms. The lowest BCUT2D eigenvalue weighted by atomic mass is 9.87. The number of likely N-dealkylation sites (tertiary alicyclic amines) is 1. The fourth-order valence-electron chi connectivity index (χ4n) is 4.41. The first kappa shape index (κ1) is 29.9. The molecule has 3 rings (SSSR count). The van der Waals surface area contributed by atoms with Crippen LogP contribution < -0.4 is 5.32 Å². The molecule has 13 heteroatoms. The highest BCUT2D eigenvalue weighted by molar-refractivity contribution is 5.95. The predicted octanol–water partition coefficient (Wildman–Crippen LogP) is 4.41. The Morgan fingerprint density at radius 2 is 1.56 bits per heavy atom. The monoisotopic (exact) mass is 560 g/mol. The van der Waals surface area contributed by atoms with Gasteiger partial charge in [-0.25, -0.2) is 0 Å². The SMILES string of the molecule is O=C(O)CNCC(=O)OC[C@H]1CCN(C(=O)c2cc(C(F)(F)F)cc(C(F)(F)F)c2)[C@@H](Cc2ccccc2)C1. The van der Waals surface area contributed by atoms with Gasteiger partial charge >= 0.3 is 24.3 Å². The number of benzene rings is 2. The largest absolute Gasteiger partial charge is 0.480 e. The highest BCUT2D eigenvalue weighted by atomic mass is 19.4. The molecule has 2 N–H and O–H groups in total. The first-order valence-electron chi connectivity index (χ1n) is 12.0. The lowest BCUT2D eigenvalue weighted by Crippen LogP contribution is -2.48. The summed E-state index contributed by atoms with van der Waals surface area (Å²) >= 11 is 0. The van der Waals surface area contributed by atoms with E-state index in [0.29, 0.717) is 12.1 Å². The number of piperidine rings is 1. The number of carboxylic acid groups (broad SMARTS) is 1. The van der Waals surface area contributed by atoms with Crippen molar-refractivity contribution in [3.05, 3.63) is 70.8 Å². The minimum absolute atomic E-state index is 0.0212. The third kappa shape index (κ3) is 8.70. The topological polar surface area (TPSA) is 95.9 Å². The molecule has 0 aromatic heterocycles. The van der Waals surface area contributed by atoms with Gasteiger partial charge in [-0.15, -0.1) is 0 Å². The second-order valence-corrected chi connectivity index (χ2v) is 9.21. The van der Waals surface area contributed by atoms with Gasteiger partial charge in [0.05, 0.1) is 30.8 Å². The number of ether oxygens (including phenoxy) is 1. The summed E-state index contributed by atoms with van der Waals surface area (Å²) in [5.41, 5.74) is -3.06. The summed E-state index contributed by atoms with van der Waals surface area (Å²) in [5, 5.41) is 11.0. The Kier molecular flexibility index (Phi) is 9.59. The zero-order chi connectivity index (χ0) is 28.8. The number of halogens is 6. The van der Waals surface area contributed by atoms with Crippen molar-refractivity contribution < 1.29 is 50.6 Å². The van der Waals surface area contributed by atoms with Crippen LogP contribution in [0, 0.1) is 5.92 Å². The molecule has 212 valence electrons. The molecule has 2 atom stereocenters. The number of hydrogen-bond acceptors (Lipinski definition) is 5. The standard InChI is InChI=1S/C26H26F6N2O5/c27-25(28,29)19-10-18(11-20(12-19)26(30,31)32)24(38)34-7-6-17(15-39-23(37)14-33-13-22(35)36)9-21(34)8-16-4-2-1-3-5-16/h1-5,10-12,17,21,33H,6-9,13-15H2,(H,35,36)/t17-,21-/m0/s1. The van der Waals surface area contributed by atoms with E-state index >= 15 is 0 Å². The van der Waals surface area contributed by atoms with Gasteiger partial charge in [-0.3, -0.25) is 19.7 Å². The first-order valence-corrected chi connectivity index (χ1v) is 12.0. The molecular weight excluding hydrogens is 534 g/mol. The molecule has 1 amide bonds. The van der Waals surface area contributed by atoms with Crippen LogP contribution >= 0.6 is 0 Å². The Bertz CT molecular complexity index is 1140. The summed E-state index contributed by atoms with van der Waals surface area (Å²) in [5.74, 6) is -3.02. The molecule has 7 nitrogen and oxygen atoms in total. The zero-order valence-electron chi connectivity index (χ0n) is 20.5. The van der Waals surface area contributed by atoms with Crippen LogP contribution in [-0.2, 0) is 33.1 Å². The third-order valence-corrected chi connectivity index (χ3v) is 6.26. The molecule has 1 heterocycles. The van der Waals surface area contributed by atoms with Crippen LogP contribution in [0.1, 0.15) is 39.9 Å². The molecule has 1 aliphatic rings. The summed E-state index contributed by atoms with van der Waals surface area (Å²) in [7, 11) is 0. The van der Waals surface area contributed by atoms with Gasteiger partial charge in [0.15, 0.2) is 0 Å². The van der Waals surface area contributed by atoms with E-state index in [0.717, 1.165) is 5.56 Å². The van der Waals surface area contributed by atoms with E-state index in [1.165, 1.54) is 4.90 Å². The van der Waals surface area contributed by atoms with Crippen molar-refractivity contribution in [2.75, 3.05) is 26.2 Å². The Hall–Kier alpha value is -3.61. The Labute approximate surface area is 219 Å². The van der Waals surface area contributed by atoms with Crippen LogP contribution in [0.2, 0.25) is 0 Å². The van der Waals surface area contributed by atoms with Gasteiger partial charge in [0.1, 0.15) is 0 Å². The van der Waals surface area contributed by atoms with Crippen molar-refractivity contribution in [1.82, 2.24) is 10.2 Å². The summed E-state index contributed by atoms with van der Waals surface area (Å²) in [6.45, 7) is -0.773. The van der Waals surface area contributed by atoms with E-state index in [4.69, 9.17) is 9.84 Å². The maximum absolute atomic E-state index is 13.4. The first-order chi connectivity index (χ1) is 18.2. The number of esters is 1. The zero-order valence-corrected chi connectivity index (χ0v) is 20.5. The molecular formula is C26H26F6N2O5. The van der Waals surface area contributed by atoms with E-state index < -0.39 is 59.5 Å². The van der Waals surface area contributed by atoms with Crippen LogP contribution in [0.4, 0.5) is 26.3 Å². The van der Waals surface area contributed by atoms with Gasteiger partial charge in [-0.1, -0.05) is 30.3 Å². The second kappa shape index (κ2) is 12.5. The van der Waals surface area contributed by atoms with Crippen LogP contribution in [0.25, 0.3) is 0 Å². The van der Waals surface area contributed by atoms with E-state index in [9.17, 15) is 40.7 Å². The second-order valence-electron chi connectivity index (χ2n) is 9.21. The number of nitrogens with one attached hydrogen (secondary N) is 1. The number of hydrogen-bond donors (Lipinski definition) is 2. The summed E-state index contributed by atoms with van der Waals surface area (Å²) in [6, 6.07) is 9.10. The quantitative estimate of drug-likeness (QED) is 0.349. The molecule has 0 unspecified atom stereocenters. The van der Waals surface area contributed by atoms with E-state index in [1.807, 2.05) is 0 Å². The molecule has 0 saturated carbocycles. The number of alkyl halides is 6. The number of carbonyl (C=O) groups is 3. The highest BCUT2D eigenvalue weighted by Crippen LogP contribution is 2.37. The van der Waals surface area contributed by atoms with Crippen LogP contribution in [0.15, 0.2) is 48.5 Å². The molecule has 1 fully saturated rings. The predicted molar refractivity (Wildman–Crippen MR) is 126 cm³/mol. The average molecular weight is 560 g/mol. The van der Waals surface area contributed by atoms with Gasteiger partial charge in [0.2, 0.25) is 0 Å². The maximum atomic E-state index is 13.4. The minimum Gasteiger partial charge on any atom is -0.480 e. The molecule has 0 aliphatic carbocycles. The van der Waals surface area contributed by atoms with Crippen LogP contribution in [0.3, 0.4) is 0 Å². The van der Waals surface area contributed by atoms with Gasteiger partial charge < -0.3 is 14.7 Å². The number of aliphatic carboxylic acids is 1. The van der Waals surface area contributed by atoms with Crippen LogP contribution in [0.5, 0.6) is 0 Å². The number of amides is 1. The van der Waals surface area contributed by atoms with Crippen molar-refractivity contribution in [3.63, 3.8) is 0 Å². The molecule has 2 aromatic carbocycles. The lowest BCUT2D eigenvalue weighted by molar-refractivity contribution is -0.145. The highest BCUT2D eigenvalue weighted by Gasteiger charge is 2.39. The van der Waals surface area contributed by atoms with E-state index in [2.05, 4.69) is 5.32 Å². The Balaban J connectivity index is 1.81. The summed E-state index contributed by atoms with van der Waals surface area (Å²) in [4.78, 5) is 37.1. The third-order valence-electron chi connectivity index (χ3n) is 6.26. The number of carboxylic acids is 1. The van der Waals surface area contributed by atoms with Gasteiger partial charge in [0, 0.05) is 18.2 Å². The number of nitrogens with zero attached hydrogens (tertiary/aromatic N) is 1. The molecule has 39 heavy (non-hydrogen) atoms. The van der Waals surface area contributed by atoms with E-state index in [-0.39, 0.29) is 50.9 Å². The van der Waals surface area contributed by atoms with Gasteiger partial charge in [-0.2, -0.15) is 26.3 Å².